The summed E-state index contributed by atoms with van der Waals surface area (Å²) in [6, 6.07) is 12.0. The van der Waals surface area contributed by atoms with E-state index in [9.17, 15) is 14.7 Å². The number of nitrogens with one attached hydrogen (secondary N) is 1. The van der Waals surface area contributed by atoms with E-state index in [1.54, 1.807) is 16.2 Å². The molecule has 0 bridgehead atoms. The Balaban J connectivity index is 1.45. The van der Waals surface area contributed by atoms with Crippen molar-refractivity contribution in [1.82, 2.24) is 10.2 Å². The van der Waals surface area contributed by atoms with Gasteiger partial charge in [-0.15, -0.1) is 11.3 Å². The summed E-state index contributed by atoms with van der Waals surface area (Å²) in [5.41, 5.74) is 2.35. The summed E-state index contributed by atoms with van der Waals surface area (Å²) in [4.78, 5) is 27.2. The van der Waals surface area contributed by atoms with Gasteiger partial charge in [0.2, 0.25) is 5.91 Å². The highest BCUT2D eigenvalue weighted by Crippen LogP contribution is 2.19. The number of fused-ring (bicyclic) bond motifs is 1. The summed E-state index contributed by atoms with van der Waals surface area (Å²) >= 11 is 1.65. The molecule has 0 spiro atoms. The SMILES string of the molecule is O=C(C[C@@H](O)C(=O)N1CCc2ccccc2C1)NCCc1cccs1. The minimum absolute atomic E-state index is 0.193. The first kappa shape index (κ1) is 17.6. The van der Waals surface area contributed by atoms with Gasteiger partial charge in [-0.3, -0.25) is 9.59 Å². The molecule has 1 aromatic carbocycles. The third kappa shape index (κ3) is 4.67. The zero-order chi connectivity index (χ0) is 17.6. The molecule has 1 aliphatic rings. The number of rotatable bonds is 6. The molecule has 0 saturated carbocycles. The average molecular weight is 358 g/mol. The van der Waals surface area contributed by atoms with Crippen LogP contribution in [0.2, 0.25) is 0 Å². The van der Waals surface area contributed by atoms with Gasteiger partial charge in [-0.1, -0.05) is 30.3 Å². The van der Waals surface area contributed by atoms with Crippen molar-refractivity contribution < 1.29 is 14.7 Å². The fourth-order valence-electron chi connectivity index (χ4n) is 3.01. The van der Waals surface area contributed by atoms with Gasteiger partial charge < -0.3 is 15.3 Å². The number of benzene rings is 1. The Morgan fingerprint density at radius 2 is 2.00 bits per heavy atom. The van der Waals surface area contributed by atoms with Crippen LogP contribution in [-0.2, 0) is 29.0 Å². The molecular formula is C19H22N2O3S. The van der Waals surface area contributed by atoms with E-state index in [-0.39, 0.29) is 18.2 Å². The van der Waals surface area contributed by atoms with E-state index in [0.717, 1.165) is 18.4 Å². The fourth-order valence-corrected chi connectivity index (χ4v) is 3.72. The van der Waals surface area contributed by atoms with Gasteiger partial charge in [0.15, 0.2) is 0 Å². The number of carbonyl (C=O) groups excluding carboxylic acids is 2. The Bertz CT molecular complexity index is 730. The number of aliphatic hydroxyl groups excluding tert-OH is 1. The van der Waals surface area contributed by atoms with Gasteiger partial charge in [-0.25, -0.2) is 0 Å². The van der Waals surface area contributed by atoms with Crippen LogP contribution in [0.15, 0.2) is 41.8 Å². The highest BCUT2D eigenvalue weighted by Gasteiger charge is 2.27. The van der Waals surface area contributed by atoms with Crippen LogP contribution in [0, 0.1) is 0 Å². The average Bonchev–Trinajstić information content (AvgIpc) is 3.14. The van der Waals surface area contributed by atoms with Gasteiger partial charge in [-0.05, 0) is 35.4 Å². The molecule has 2 aromatic rings. The molecule has 0 saturated heterocycles. The van der Waals surface area contributed by atoms with Gasteiger partial charge in [-0.2, -0.15) is 0 Å². The molecule has 0 fully saturated rings. The lowest BCUT2D eigenvalue weighted by Crippen LogP contribution is -2.44. The van der Waals surface area contributed by atoms with Crippen molar-refractivity contribution >= 4 is 23.2 Å². The first-order chi connectivity index (χ1) is 12.1. The standard InChI is InChI=1S/C19H22N2O3S/c22-17(12-18(23)20-9-7-16-6-3-11-25-16)19(24)21-10-8-14-4-1-2-5-15(14)13-21/h1-6,11,17,22H,7-10,12-13H2,(H,20,23)/t17-/m1/s1. The molecule has 5 nitrogen and oxygen atoms in total. The maximum atomic E-state index is 12.4. The zero-order valence-corrected chi connectivity index (χ0v) is 14.8. The predicted octanol–water partition coefficient (Wildman–Crippen LogP) is 1.74. The number of nitrogens with zero attached hydrogens (tertiary/aromatic N) is 1. The third-order valence-corrected chi connectivity index (χ3v) is 5.32. The Morgan fingerprint density at radius 3 is 2.76 bits per heavy atom. The number of amides is 2. The van der Waals surface area contributed by atoms with Gasteiger partial charge >= 0.3 is 0 Å². The van der Waals surface area contributed by atoms with Crippen molar-refractivity contribution in [2.75, 3.05) is 13.1 Å². The zero-order valence-electron chi connectivity index (χ0n) is 14.0. The summed E-state index contributed by atoms with van der Waals surface area (Å²) in [6.07, 6.45) is 0.0615. The molecular weight excluding hydrogens is 336 g/mol. The minimum atomic E-state index is -1.29. The van der Waals surface area contributed by atoms with Crippen LogP contribution in [0.25, 0.3) is 0 Å². The molecule has 0 aliphatic carbocycles. The summed E-state index contributed by atoms with van der Waals surface area (Å²) in [5.74, 6) is -0.669. The summed E-state index contributed by atoms with van der Waals surface area (Å²) in [5, 5.41) is 14.9. The second-order valence-electron chi connectivity index (χ2n) is 6.18. The predicted molar refractivity (Wildman–Crippen MR) is 97.2 cm³/mol. The molecule has 1 aromatic heterocycles. The second-order valence-corrected chi connectivity index (χ2v) is 7.21. The topological polar surface area (TPSA) is 69.6 Å². The monoisotopic (exact) mass is 358 g/mol. The van der Waals surface area contributed by atoms with E-state index >= 15 is 0 Å². The molecule has 2 heterocycles. The number of thiophene rings is 1. The Morgan fingerprint density at radius 1 is 1.20 bits per heavy atom. The van der Waals surface area contributed by atoms with Crippen LogP contribution in [0.1, 0.15) is 22.4 Å². The Hall–Kier alpha value is -2.18. The summed E-state index contributed by atoms with van der Waals surface area (Å²) < 4.78 is 0. The number of carbonyl (C=O) groups is 2. The molecule has 0 radical (unpaired) electrons. The van der Waals surface area contributed by atoms with E-state index in [2.05, 4.69) is 11.4 Å². The van der Waals surface area contributed by atoms with Crippen molar-refractivity contribution in [3.05, 3.63) is 57.8 Å². The van der Waals surface area contributed by atoms with E-state index < -0.39 is 6.10 Å². The van der Waals surface area contributed by atoms with Crippen LogP contribution in [0.3, 0.4) is 0 Å². The molecule has 2 N–H and O–H groups in total. The fraction of sp³-hybridized carbons (Fsp3) is 0.368. The number of aliphatic hydroxyl groups is 1. The molecule has 1 atom stereocenters. The summed E-state index contributed by atoms with van der Waals surface area (Å²) in [7, 11) is 0. The lowest BCUT2D eigenvalue weighted by molar-refractivity contribution is -0.144. The molecule has 25 heavy (non-hydrogen) atoms. The molecule has 1 aliphatic heterocycles. The maximum absolute atomic E-state index is 12.4. The Labute approximate surface area is 151 Å². The van der Waals surface area contributed by atoms with Crippen molar-refractivity contribution in [3.8, 4) is 0 Å². The van der Waals surface area contributed by atoms with Crippen LogP contribution in [-0.4, -0.2) is 41.0 Å². The normalized spacial score (nSPS) is 14.7. The first-order valence-electron chi connectivity index (χ1n) is 8.46. The maximum Gasteiger partial charge on any atom is 0.252 e. The molecule has 2 amide bonds. The van der Waals surface area contributed by atoms with Crippen LogP contribution < -0.4 is 5.32 Å². The van der Waals surface area contributed by atoms with E-state index in [0.29, 0.717) is 19.6 Å². The van der Waals surface area contributed by atoms with E-state index in [1.165, 1.54) is 10.4 Å². The molecule has 3 rings (SSSR count). The largest absolute Gasteiger partial charge is 0.383 e. The first-order valence-corrected chi connectivity index (χ1v) is 9.34. The summed E-state index contributed by atoms with van der Waals surface area (Å²) in [6.45, 7) is 1.58. The van der Waals surface area contributed by atoms with Crippen molar-refractivity contribution in [3.63, 3.8) is 0 Å². The van der Waals surface area contributed by atoms with Crippen molar-refractivity contribution in [2.45, 2.75) is 31.9 Å². The Kier molecular flexibility index (Phi) is 5.83. The molecule has 6 heteroatoms. The smallest absolute Gasteiger partial charge is 0.252 e. The lowest BCUT2D eigenvalue weighted by Gasteiger charge is -2.30. The lowest BCUT2D eigenvalue weighted by atomic mass is 9.99. The van der Waals surface area contributed by atoms with Crippen LogP contribution in [0.4, 0.5) is 0 Å². The number of hydrogen-bond acceptors (Lipinski definition) is 4. The third-order valence-electron chi connectivity index (χ3n) is 4.38. The quantitative estimate of drug-likeness (QED) is 0.826. The highest BCUT2D eigenvalue weighted by molar-refractivity contribution is 7.09. The van der Waals surface area contributed by atoms with E-state index in [1.807, 2.05) is 35.7 Å². The second kappa shape index (κ2) is 8.27. The van der Waals surface area contributed by atoms with Gasteiger partial charge in [0.05, 0.1) is 6.42 Å². The van der Waals surface area contributed by atoms with Gasteiger partial charge in [0, 0.05) is 24.5 Å². The van der Waals surface area contributed by atoms with Crippen molar-refractivity contribution in [1.29, 1.82) is 0 Å². The van der Waals surface area contributed by atoms with E-state index in [4.69, 9.17) is 0 Å². The van der Waals surface area contributed by atoms with Crippen LogP contribution >= 0.6 is 11.3 Å². The highest BCUT2D eigenvalue weighted by atomic mass is 32.1. The molecule has 0 unspecified atom stereocenters. The van der Waals surface area contributed by atoms with Gasteiger partial charge in [0.25, 0.3) is 5.91 Å². The van der Waals surface area contributed by atoms with Gasteiger partial charge in [0.1, 0.15) is 6.10 Å². The number of hydrogen-bond donors (Lipinski definition) is 2. The van der Waals surface area contributed by atoms with Crippen molar-refractivity contribution in [2.24, 2.45) is 0 Å². The molecule has 132 valence electrons. The minimum Gasteiger partial charge on any atom is -0.383 e. The van der Waals surface area contributed by atoms with Crippen LogP contribution in [0.5, 0.6) is 0 Å².